The highest BCUT2D eigenvalue weighted by Gasteiger charge is 2.36. The number of unbranched alkanes of at least 4 members (excludes halogenated alkanes) is 2. The van der Waals surface area contributed by atoms with Gasteiger partial charge in [-0.3, -0.25) is 0 Å². The van der Waals surface area contributed by atoms with Crippen LogP contribution in [0.5, 0.6) is 5.88 Å². The molecule has 142 valence electrons. The molecule has 0 amide bonds. The van der Waals surface area contributed by atoms with Crippen molar-refractivity contribution in [2.45, 2.75) is 39.3 Å². The fraction of sp³-hybridized carbons (Fsp3) is 0.444. The van der Waals surface area contributed by atoms with Crippen LogP contribution in [0, 0.1) is 3.57 Å². The predicted octanol–water partition coefficient (Wildman–Crippen LogP) is 5.83. The first-order valence-electron chi connectivity index (χ1n) is 8.47. The van der Waals surface area contributed by atoms with Gasteiger partial charge in [-0.1, -0.05) is 31.9 Å². The number of aromatic nitrogens is 2. The summed E-state index contributed by atoms with van der Waals surface area (Å²) in [6.07, 6.45) is -1.23. The third-order valence-electron chi connectivity index (χ3n) is 3.73. The van der Waals surface area contributed by atoms with Crippen LogP contribution in [0.4, 0.5) is 24.8 Å². The Hall–Kier alpha value is -1.58. The molecule has 0 N–H and O–H groups in total. The van der Waals surface area contributed by atoms with E-state index in [9.17, 15) is 13.2 Å². The third kappa shape index (κ3) is 5.21. The van der Waals surface area contributed by atoms with Crippen molar-refractivity contribution in [1.82, 2.24) is 9.97 Å². The zero-order valence-electron chi connectivity index (χ0n) is 14.7. The molecule has 0 saturated carbocycles. The van der Waals surface area contributed by atoms with E-state index in [1.165, 1.54) is 0 Å². The Bertz CT molecular complexity index is 725. The highest BCUT2D eigenvalue weighted by Crippen LogP contribution is 2.36. The lowest BCUT2D eigenvalue weighted by Crippen LogP contribution is -2.21. The summed E-state index contributed by atoms with van der Waals surface area (Å²) in [5.41, 5.74) is -0.108. The number of ether oxygens (including phenoxy) is 1. The third-order valence-corrected chi connectivity index (χ3v) is 4.65. The van der Waals surface area contributed by atoms with E-state index in [2.05, 4.69) is 32.6 Å². The molecule has 0 unspecified atom stereocenters. The monoisotopic (exact) mass is 479 g/mol. The second-order valence-corrected chi connectivity index (χ2v) is 6.80. The molecule has 0 bridgehead atoms. The molecule has 1 aromatic carbocycles. The molecule has 8 heteroatoms. The van der Waals surface area contributed by atoms with Crippen LogP contribution >= 0.6 is 22.6 Å². The smallest absolute Gasteiger partial charge is 0.423 e. The second kappa shape index (κ2) is 9.38. The zero-order valence-corrected chi connectivity index (χ0v) is 16.8. The summed E-state index contributed by atoms with van der Waals surface area (Å²) in [6, 6.07) is 7.57. The van der Waals surface area contributed by atoms with Crippen LogP contribution in [0.2, 0.25) is 0 Å². The number of hydrogen-bond donors (Lipinski definition) is 0. The molecule has 2 aromatic rings. The Morgan fingerprint density at radius 1 is 1.15 bits per heavy atom. The molecule has 26 heavy (non-hydrogen) atoms. The summed E-state index contributed by atoms with van der Waals surface area (Å²) < 4.78 is 46.1. The van der Waals surface area contributed by atoms with Crippen LogP contribution in [-0.2, 0) is 6.18 Å². The maximum atomic E-state index is 13.3. The molecule has 0 radical (unpaired) electrons. The van der Waals surface area contributed by atoms with E-state index in [4.69, 9.17) is 4.74 Å². The van der Waals surface area contributed by atoms with E-state index in [1.54, 1.807) is 4.90 Å². The minimum Gasteiger partial charge on any atom is -0.477 e. The van der Waals surface area contributed by atoms with E-state index in [-0.39, 0.29) is 12.6 Å². The standard InChI is InChI=1S/C18H21F3IN3O/c1-3-5-8-11-26-16-13(18(19,20)21)12-23-17(24-16)25(4-2)15-10-7-6-9-14(15)22/h6-7,9-10,12H,3-5,8,11H2,1-2H3. The lowest BCUT2D eigenvalue weighted by molar-refractivity contribution is -0.139. The average molecular weight is 479 g/mol. The minimum atomic E-state index is -4.56. The van der Waals surface area contributed by atoms with Crippen LogP contribution < -0.4 is 9.64 Å². The molecule has 0 saturated heterocycles. The molecule has 2 rings (SSSR count). The van der Waals surface area contributed by atoms with Crippen molar-refractivity contribution in [3.63, 3.8) is 0 Å². The van der Waals surface area contributed by atoms with E-state index < -0.39 is 17.6 Å². The lowest BCUT2D eigenvalue weighted by atomic mass is 10.2. The number of anilines is 2. The molecule has 0 aliphatic carbocycles. The van der Waals surface area contributed by atoms with Crippen molar-refractivity contribution in [2.24, 2.45) is 0 Å². The molecule has 0 fully saturated rings. The normalized spacial score (nSPS) is 11.5. The Kier molecular flexibility index (Phi) is 7.48. The van der Waals surface area contributed by atoms with Gasteiger partial charge in [-0.05, 0) is 48.1 Å². The fourth-order valence-corrected chi connectivity index (χ4v) is 3.08. The predicted molar refractivity (Wildman–Crippen MR) is 104 cm³/mol. The van der Waals surface area contributed by atoms with Gasteiger partial charge in [-0.15, -0.1) is 0 Å². The summed E-state index contributed by atoms with van der Waals surface area (Å²) in [5.74, 6) is -0.224. The Morgan fingerprint density at radius 2 is 1.88 bits per heavy atom. The molecule has 0 spiro atoms. The van der Waals surface area contributed by atoms with Gasteiger partial charge >= 0.3 is 6.18 Å². The van der Waals surface area contributed by atoms with Crippen LogP contribution in [0.15, 0.2) is 30.5 Å². The summed E-state index contributed by atoms with van der Waals surface area (Å²) in [6.45, 7) is 4.62. The van der Waals surface area contributed by atoms with Gasteiger partial charge in [0, 0.05) is 16.3 Å². The fourth-order valence-electron chi connectivity index (χ4n) is 2.40. The Morgan fingerprint density at radius 3 is 2.50 bits per heavy atom. The van der Waals surface area contributed by atoms with E-state index in [0.717, 1.165) is 28.3 Å². The van der Waals surface area contributed by atoms with E-state index in [1.807, 2.05) is 38.1 Å². The van der Waals surface area contributed by atoms with Crippen LogP contribution in [0.1, 0.15) is 38.7 Å². The number of rotatable bonds is 8. The van der Waals surface area contributed by atoms with Gasteiger partial charge in [0.2, 0.25) is 11.8 Å². The summed E-state index contributed by atoms with van der Waals surface area (Å²) >= 11 is 2.18. The van der Waals surface area contributed by atoms with Crippen molar-refractivity contribution in [2.75, 3.05) is 18.1 Å². The average Bonchev–Trinajstić information content (AvgIpc) is 2.60. The van der Waals surface area contributed by atoms with E-state index >= 15 is 0 Å². The first-order chi connectivity index (χ1) is 12.4. The second-order valence-electron chi connectivity index (χ2n) is 5.64. The number of hydrogen-bond acceptors (Lipinski definition) is 4. The number of benzene rings is 1. The molecular formula is C18H21F3IN3O. The van der Waals surface area contributed by atoms with Crippen molar-refractivity contribution >= 4 is 34.2 Å². The van der Waals surface area contributed by atoms with Crippen LogP contribution in [-0.4, -0.2) is 23.1 Å². The minimum absolute atomic E-state index is 0.190. The molecule has 0 aliphatic heterocycles. The van der Waals surface area contributed by atoms with Crippen molar-refractivity contribution in [1.29, 1.82) is 0 Å². The van der Waals surface area contributed by atoms with Crippen LogP contribution in [0.3, 0.4) is 0 Å². The maximum Gasteiger partial charge on any atom is 0.423 e. The summed E-state index contributed by atoms with van der Waals surface area (Å²) in [4.78, 5) is 9.81. The first kappa shape index (κ1) is 20.7. The molecule has 0 atom stereocenters. The van der Waals surface area contributed by atoms with E-state index in [0.29, 0.717) is 13.0 Å². The zero-order chi connectivity index (χ0) is 19.2. The topological polar surface area (TPSA) is 38.2 Å². The van der Waals surface area contributed by atoms with Gasteiger partial charge < -0.3 is 9.64 Å². The number of halogens is 4. The Labute approximate surface area is 164 Å². The molecule has 0 aliphatic rings. The van der Waals surface area contributed by atoms with Gasteiger partial charge in [0.1, 0.15) is 5.56 Å². The van der Waals surface area contributed by atoms with Gasteiger partial charge in [-0.2, -0.15) is 18.2 Å². The number of para-hydroxylation sites is 1. The SMILES string of the molecule is CCCCCOc1nc(N(CC)c2ccccc2I)ncc1C(F)(F)F. The molecular weight excluding hydrogens is 458 g/mol. The quantitative estimate of drug-likeness (QED) is 0.353. The van der Waals surface area contributed by atoms with Crippen molar-refractivity contribution in [3.8, 4) is 5.88 Å². The summed E-state index contributed by atoms with van der Waals surface area (Å²) in [7, 11) is 0. The summed E-state index contributed by atoms with van der Waals surface area (Å²) in [5, 5.41) is 0. The molecule has 1 heterocycles. The highest BCUT2D eigenvalue weighted by atomic mass is 127. The van der Waals surface area contributed by atoms with Crippen molar-refractivity contribution in [3.05, 3.63) is 39.6 Å². The molecule has 1 aromatic heterocycles. The maximum absolute atomic E-state index is 13.3. The van der Waals surface area contributed by atoms with Gasteiger partial charge in [0.05, 0.1) is 12.3 Å². The molecule has 4 nitrogen and oxygen atoms in total. The van der Waals surface area contributed by atoms with Gasteiger partial charge in [0.15, 0.2) is 0 Å². The number of alkyl halides is 3. The number of nitrogens with zero attached hydrogens (tertiary/aromatic N) is 3. The first-order valence-corrected chi connectivity index (χ1v) is 9.55. The Balaban J connectivity index is 2.38. The van der Waals surface area contributed by atoms with Gasteiger partial charge in [0.25, 0.3) is 0 Å². The van der Waals surface area contributed by atoms with Gasteiger partial charge in [-0.25, -0.2) is 4.98 Å². The largest absolute Gasteiger partial charge is 0.477 e. The lowest BCUT2D eigenvalue weighted by Gasteiger charge is -2.23. The van der Waals surface area contributed by atoms with Crippen molar-refractivity contribution < 1.29 is 17.9 Å². The van der Waals surface area contributed by atoms with Crippen LogP contribution in [0.25, 0.3) is 0 Å². The highest BCUT2D eigenvalue weighted by molar-refractivity contribution is 14.1.